The first-order valence-corrected chi connectivity index (χ1v) is 14.7. The number of fused-ring (bicyclic) bond motifs is 2. The lowest BCUT2D eigenvalue weighted by Gasteiger charge is -2.25. The molecule has 212 valence electrons. The number of unbranched alkanes of at least 4 members (excludes halogenated alkanes) is 1. The largest absolute Gasteiger partial charge is 0.493 e. The highest BCUT2D eigenvalue weighted by Gasteiger charge is 2.31. The van der Waals surface area contributed by atoms with Crippen LogP contribution in [0.5, 0.6) is 11.5 Å². The van der Waals surface area contributed by atoms with Crippen molar-refractivity contribution in [3.05, 3.63) is 77.9 Å². The number of methoxy groups -OCH3 is 1. The maximum Gasteiger partial charge on any atom is 0.254 e. The molecule has 2 amide bonds. The van der Waals surface area contributed by atoms with Crippen molar-refractivity contribution in [1.82, 2.24) is 4.90 Å². The van der Waals surface area contributed by atoms with Crippen molar-refractivity contribution < 1.29 is 19.1 Å². The molecule has 1 saturated heterocycles. The number of rotatable bonds is 8. The highest BCUT2D eigenvalue weighted by atomic mass is 16.5. The van der Waals surface area contributed by atoms with Gasteiger partial charge in [0.25, 0.3) is 5.91 Å². The van der Waals surface area contributed by atoms with E-state index in [1.807, 2.05) is 23.2 Å². The fourth-order valence-electron chi connectivity index (χ4n) is 6.46. The minimum atomic E-state index is -0.0136. The molecule has 5 aromatic carbocycles. The molecule has 0 spiro atoms. The third-order valence-electron chi connectivity index (χ3n) is 8.58. The van der Waals surface area contributed by atoms with Gasteiger partial charge in [0.1, 0.15) is 0 Å². The lowest BCUT2D eigenvalue weighted by molar-refractivity contribution is -0.116. The number of carbonyl (C=O) groups excluding carboxylic acids is 2. The van der Waals surface area contributed by atoms with Gasteiger partial charge in [-0.25, -0.2) is 0 Å². The summed E-state index contributed by atoms with van der Waals surface area (Å²) in [6.45, 7) is 1.63. The quantitative estimate of drug-likeness (QED) is 0.164. The molecule has 5 aromatic rings. The number of ether oxygens (including phenoxy) is 2. The molecule has 2 aliphatic rings. The highest BCUT2D eigenvalue weighted by molar-refractivity contribution is 6.25. The van der Waals surface area contributed by atoms with Gasteiger partial charge in [-0.2, -0.15) is 0 Å². The molecule has 2 heterocycles. The van der Waals surface area contributed by atoms with Gasteiger partial charge in [-0.3, -0.25) is 14.6 Å². The molecule has 1 N–H and O–H groups in total. The minimum Gasteiger partial charge on any atom is -0.493 e. The van der Waals surface area contributed by atoms with Crippen LogP contribution in [0.1, 0.15) is 48.0 Å². The number of hydrogen-bond donors (Lipinski definition) is 1. The van der Waals surface area contributed by atoms with Crippen LogP contribution in [0.25, 0.3) is 32.3 Å². The van der Waals surface area contributed by atoms with Gasteiger partial charge in [-0.05, 0) is 76.4 Å². The second-order valence-electron chi connectivity index (χ2n) is 11.2. The smallest absolute Gasteiger partial charge is 0.254 e. The van der Waals surface area contributed by atoms with E-state index in [4.69, 9.17) is 9.47 Å². The van der Waals surface area contributed by atoms with Crippen LogP contribution in [-0.2, 0) is 11.3 Å². The zero-order valence-electron chi connectivity index (χ0n) is 23.7. The fraction of sp³-hybridized carbons (Fsp3) is 0.286. The average Bonchev–Trinajstić information content (AvgIpc) is 3.47. The Kier molecular flexibility index (Phi) is 6.86. The lowest BCUT2D eigenvalue weighted by Crippen LogP contribution is -2.37. The molecule has 1 fully saturated rings. The Morgan fingerprint density at radius 2 is 1.76 bits per heavy atom. The second kappa shape index (κ2) is 11.0. The topological polar surface area (TPSA) is 80.2 Å². The Labute approximate surface area is 244 Å². The Hall–Kier alpha value is -4.65. The van der Waals surface area contributed by atoms with Gasteiger partial charge in [-0.15, -0.1) is 0 Å². The summed E-state index contributed by atoms with van der Waals surface area (Å²) in [5.41, 5.74) is 2.31. The van der Waals surface area contributed by atoms with Gasteiger partial charge < -0.3 is 19.7 Å². The molecule has 0 bridgehead atoms. The number of aliphatic imine (C=N–C) groups is 1. The predicted octanol–water partition coefficient (Wildman–Crippen LogP) is 6.97. The van der Waals surface area contributed by atoms with E-state index in [2.05, 4.69) is 58.8 Å². The first-order chi connectivity index (χ1) is 20.6. The van der Waals surface area contributed by atoms with Gasteiger partial charge >= 0.3 is 0 Å². The summed E-state index contributed by atoms with van der Waals surface area (Å²) in [6, 6.07) is 22.7. The van der Waals surface area contributed by atoms with Crippen LogP contribution < -0.4 is 14.8 Å². The summed E-state index contributed by atoms with van der Waals surface area (Å²) >= 11 is 0. The second-order valence-corrected chi connectivity index (χ2v) is 11.2. The van der Waals surface area contributed by atoms with Crippen molar-refractivity contribution in [1.29, 1.82) is 0 Å². The van der Waals surface area contributed by atoms with Crippen molar-refractivity contribution in [2.24, 2.45) is 4.99 Å². The Morgan fingerprint density at radius 1 is 0.976 bits per heavy atom. The normalized spacial score (nSPS) is 16.5. The molecule has 7 nitrogen and oxygen atoms in total. The van der Waals surface area contributed by atoms with Crippen LogP contribution in [-0.4, -0.2) is 49.2 Å². The van der Waals surface area contributed by atoms with E-state index in [1.54, 1.807) is 13.2 Å². The zero-order chi connectivity index (χ0) is 28.6. The SMILES string of the molecule is COc1cc2c(cc1OCCCCC(=O)Nc1ccc3ccc4cccc5ccc1c3c45)CN=CC1CCCN1C2=O. The van der Waals surface area contributed by atoms with Gasteiger partial charge in [0.05, 0.1) is 26.3 Å². The first-order valence-electron chi connectivity index (χ1n) is 14.7. The third kappa shape index (κ3) is 4.69. The molecule has 0 aromatic heterocycles. The lowest BCUT2D eigenvalue weighted by atomic mass is 9.93. The van der Waals surface area contributed by atoms with Crippen molar-refractivity contribution in [2.45, 2.75) is 44.7 Å². The summed E-state index contributed by atoms with van der Waals surface area (Å²) in [6.07, 6.45) is 5.65. The fourth-order valence-corrected chi connectivity index (χ4v) is 6.46. The third-order valence-corrected chi connectivity index (χ3v) is 8.58. The van der Waals surface area contributed by atoms with Crippen LogP contribution in [0.3, 0.4) is 0 Å². The zero-order valence-corrected chi connectivity index (χ0v) is 23.7. The summed E-state index contributed by atoms with van der Waals surface area (Å²) in [5, 5.41) is 10.2. The van der Waals surface area contributed by atoms with Gasteiger partial charge in [-0.1, -0.05) is 48.5 Å². The molecule has 42 heavy (non-hydrogen) atoms. The van der Waals surface area contributed by atoms with E-state index in [-0.39, 0.29) is 17.9 Å². The molecular weight excluding hydrogens is 526 g/mol. The molecule has 0 radical (unpaired) electrons. The van der Waals surface area contributed by atoms with E-state index in [0.29, 0.717) is 49.5 Å². The monoisotopic (exact) mass is 559 g/mol. The summed E-state index contributed by atoms with van der Waals surface area (Å²) in [5.74, 6) is 1.14. The van der Waals surface area contributed by atoms with Gasteiger partial charge in [0.2, 0.25) is 5.91 Å². The highest BCUT2D eigenvalue weighted by Crippen LogP contribution is 2.38. The average molecular weight is 560 g/mol. The maximum absolute atomic E-state index is 13.2. The first kappa shape index (κ1) is 26.3. The predicted molar refractivity (Wildman–Crippen MR) is 167 cm³/mol. The molecular formula is C35H33N3O4. The molecule has 7 rings (SSSR count). The number of carbonyl (C=O) groups is 2. The van der Waals surface area contributed by atoms with Crippen molar-refractivity contribution in [3.63, 3.8) is 0 Å². The Morgan fingerprint density at radius 3 is 2.60 bits per heavy atom. The minimum absolute atomic E-state index is 0.0136. The molecule has 1 atom stereocenters. The summed E-state index contributed by atoms with van der Waals surface area (Å²) in [7, 11) is 1.59. The van der Waals surface area contributed by atoms with E-state index in [9.17, 15) is 9.59 Å². The number of nitrogens with zero attached hydrogens (tertiary/aromatic N) is 2. The number of benzene rings is 5. The number of hydrogen-bond acceptors (Lipinski definition) is 5. The molecule has 2 aliphatic heterocycles. The summed E-state index contributed by atoms with van der Waals surface area (Å²) < 4.78 is 11.7. The Balaban J connectivity index is 0.984. The molecule has 0 saturated carbocycles. The van der Waals surface area contributed by atoms with Crippen LogP contribution in [0.2, 0.25) is 0 Å². The Bertz CT molecular complexity index is 1830. The van der Waals surface area contributed by atoms with Gasteiger partial charge in [0.15, 0.2) is 11.5 Å². The van der Waals surface area contributed by atoms with Crippen LogP contribution in [0.15, 0.2) is 71.7 Å². The number of nitrogens with one attached hydrogen (secondary N) is 1. The van der Waals surface area contributed by atoms with E-state index in [1.165, 1.54) is 26.9 Å². The van der Waals surface area contributed by atoms with E-state index in [0.717, 1.165) is 36.0 Å². The standard InChI is InChI=1S/C35H33N3O4/c1-41-30-19-28-25(20-36-21-26-8-5-16-38(26)35(28)40)18-31(30)42-17-3-2-9-32(39)37-29-15-13-24-11-10-22-6-4-7-23-12-14-27(29)34(24)33(22)23/h4,6-7,10-15,18-19,21,26H,2-3,5,8-9,16-17,20H2,1H3,(H,37,39). The number of anilines is 1. The number of amides is 2. The van der Waals surface area contributed by atoms with Crippen molar-refractivity contribution in [3.8, 4) is 11.5 Å². The van der Waals surface area contributed by atoms with Gasteiger partial charge in [0, 0.05) is 35.8 Å². The molecule has 7 heteroatoms. The summed E-state index contributed by atoms with van der Waals surface area (Å²) in [4.78, 5) is 32.6. The molecule has 1 unspecified atom stereocenters. The van der Waals surface area contributed by atoms with Crippen LogP contribution in [0, 0.1) is 0 Å². The van der Waals surface area contributed by atoms with Crippen molar-refractivity contribution in [2.75, 3.05) is 25.6 Å². The maximum atomic E-state index is 13.2. The van der Waals surface area contributed by atoms with Crippen molar-refractivity contribution >= 4 is 56.0 Å². The van der Waals surface area contributed by atoms with Crippen LogP contribution >= 0.6 is 0 Å². The van der Waals surface area contributed by atoms with Crippen LogP contribution in [0.4, 0.5) is 5.69 Å². The molecule has 0 aliphatic carbocycles. The van der Waals surface area contributed by atoms with E-state index < -0.39 is 0 Å². The van der Waals surface area contributed by atoms with E-state index >= 15 is 0 Å².